The van der Waals surface area contributed by atoms with Crippen molar-refractivity contribution in [3.63, 3.8) is 0 Å². The lowest BCUT2D eigenvalue weighted by Crippen LogP contribution is -2.41. The summed E-state index contributed by atoms with van der Waals surface area (Å²) in [5, 5.41) is 11.9. The van der Waals surface area contributed by atoms with Crippen molar-refractivity contribution in [2.75, 3.05) is 26.2 Å². The van der Waals surface area contributed by atoms with Gasteiger partial charge in [0.15, 0.2) is 6.61 Å². The minimum Gasteiger partial charge on any atom is -0.484 e. The first-order valence-corrected chi connectivity index (χ1v) is 8.14. The molecule has 26 heavy (non-hydrogen) atoms. The fourth-order valence-electron chi connectivity index (χ4n) is 2.69. The third kappa shape index (κ3) is 5.53. The smallest absolute Gasteiger partial charge is 0.422 e. The van der Waals surface area contributed by atoms with Gasteiger partial charge in [0.1, 0.15) is 5.75 Å². The van der Waals surface area contributed by atoms with Crippen LogP contribution >= 0.6 is 0 Å². The minimum atomic E-state index is -4.40. The topological polar surface area (TPSA) is 78.9 Å². The molecule has 0 aromatic heterocycles. The summed E-state index contributed by atoms with van der Waals surface area (Å²) in [7, 11) is 0. The second-order valence-electron chi connectivity index (χ2n) is 6.57. The molecule has 2 rings (SSSR count). The molecule has 1 aliphatic rings. The number of likely N-dealkylation sites (tertiary alicyclic amines) is 1. The number of urea groups is 1. The largest absolute Gasteiger partial charge is 0.484 e. The van der Waals surface area contributed by atoms with E-state index >= 15 is 0 Å². The van der Waals surface area contributed by atoms with Crippen LogP contribution in [0.25, 0.3) is 0 Å². The number of alkyl halides is 3. The van der Waals surface area contributed by atoms with Gasteiger partial charge < -0.3 is 20.1 Å². The zero-order valence-electron chi connectivity index (χ0n) is 14.3. The highest BCUT2D eigenvalue weighted by molar-refractivity contribution is 5.79. The van der Waals surface area contributed by atoms with E-state index < -0.39 is 24.2 Å². The van der Waals surface area contributed by atoms with Crippen molar-refractivity contribution >= 4 is 12.0 Å². The van der Waals surface area contributed by atoms with Gasteiger partial charge in [0.2, 0.25) is 0 Å². The molecular weight excluding hydrogens is 353 g/mol. The molecule has 0 radical (unpaired) electrons. The number of nitrogens with one attached hydrogen (secondary N) is 1. The number of ether oxygens (including phenoxy) is 1. The van der Waals surface area contributed by atoms with Crippen LogP contribution < -0.4 is 10.1 Å². The van der Waals surface area contributed by atoms with Gasteiger partial charge in [0, 0.05) is 19.6 Å². The maximum atomic E-state index is 12.2. The summed E-state index contributed by atoms with van der Waals surface area (Å²) < 4.78 is 41.2. The van der Waals surface area contributed by atoms with Crippen LogP contribution in [0.5, 0.6) is 5.75 Å². The third-order valence-corrected chi connectivity index (χ3v) is 4.27. The molecule has 0 aliphatic carbocycles. The molecule has 1 aromatic carbocycles. The van der Waals surface area contributed by atoms with Gasteiger partial charge in [-0.25, -0.2) is 4.79 Å². The molecule has 0 saturated carbocycles. The Morgan fingerprint density at radius 1 is 1.38 bits per heavy atom. The van der Waals surface area contributed by atoms with E-state index in [-0.39, 0.29) is 24.9 Å². The van der Waals surface area contributed by atoms with E-state index in [9.17, 15) is 27.9 Å². The van der Waals surface area contributed by atoms with Gasteiger partial charge in [0.05, 0.1) is 5.41 Å². The summed E-state index contributed by atoms with van der Waals surface area (Å²) in [4.78, 5) is 24.8. The quantitative estimate of drug-likeness (QED) is 0.803. The molecule has 1 fully saturated rings. The highest BCUT2D eigenvalue weighted by atomic mass is 19.4. The van der Waals surface area contributed by atoms with Crippen molar-refractivity contribution < 1.29 is 32.6 Å². The van der Waals surface area contributed by atoms with Crippen molar-refractivity contribution in [1.82, 2.24) is 10.2 Å². The van der Waals surface area contributed by atoms with Gasteiger partial charge in [-0.05, 0) is 37.5 Å². The third-order valence-electron chi connectivity index (χ3n) is 4.27. The van der Waals surface area contributed by atoms with E-state index in [1.165, 1.54) is 17.0 Å². The Morgan fingerprint density at radius 2 is 2.12 bits per heavy atom. The highest BCUT2D eigenvalue weighted by Crippen LogP contribution is 2.30. The predicted octanol–water partition coefficient (Wildman–Crippen LogP) is 2.68. The van der Waals surface area contributed by atoms with Crippen LogP contribution in [-0.2, 0) is 11.2 Å². The number of carbonyl (C=O) groups is 2. The van der Waals surface area contributed by atoms with Crippen LogP contribution in [0, 0.1) is 5.41 Å². The fraction of sp³-hybridized carbons (Fsp3) is 0.529. The molecule has 2 amide bonds. The van der Waals surface area contributed by atoms with Crippen LogP contribution in [0.15, 0.2) is 24.3 Å². The van der Waals surface area contributed by atoms with E-state index in [2.05, 4.69) is 10.1 Å². The van der Waals surface area contributed by atoms with Crippen LogP contribution in [0.3, 0.4) is 0 Å². The van der Waals surface area contributed by atoms with Gasteiger partial charge in [0.25, 0.3) is 0 Å². The lowest BCUT2D eigenvalue weighted by molar-refractivity contribution is -0.153. The zero-order chi connectivity index (χ0) is 19.4. The summed E-state index contributed by atoms with van der Waals surface area (Å²) in [5.74, 6) is -0.814. The first-order valence-electron chi connectivity index (χ1n) is 8.14. The number of amides is 2. The van der Waals surface area contributed by atoms with Crippen LogP contribution in [0.4, 0.5) is 18.0 Å². The first kappa shape index (κ1) is 19.9. The molecule has 1 saturated heterocycles. The Morgan fingerprint density at radius 3 is 2.73 bits per heavy atom. The molecule has 6 nitrogen and oxygen atoms in total. The van der Waals surface area contributed by atoms with Gasteiger partial charge in [-0.3, -0.25) is 4.79 Å². The lowest BCUT2D eigenvalue weighted by Gasteiger charge is -2.20. The molecular formula is C17H21F3N2O4. The number of benzene rings is 1. The van der Waals surface area contributed by atoms with E-state index in [4.69, 9.17) is 0 Å². The Kier molecular flexibility index (Phi) is 5.99. The summed E-state index contributed by atoms with van der Waals surface area (Å²) in [6, 6.07) is 5.89. The SMILES string of the molecule is CC1(C(=O)O)CCN(C(=O)NCCc2cccc(OCC(F)(F)F)c2)C1. The van der Waals surface area contributed by atoms with E-state index in [1.807, 2.05) is 0 Å². The molecule has 1 atom stereocenters. The standard InChI is InChI=1S/C17H21F3N2O4/c1-16(14(23)24)6-8-22(10-16)15(25)21-7-5-12-3-2-4-13(9-12)26-11-17(18,19)20/h2-4,9H,5-8,10-11H2,1H3,(H,21,25)(H,23,24). The van der Waals surface area contributed by atoms with Crippen molar-refractivity contribution in [2.24, 2.45) is 5.41 Å². The van der Waals surface area contributed by atoms with Crippen molar-refractivity contribution in [1.29, 1.82) is 0 Å². The van der Waals surface area contributed by atoms with Crippen LogP contribution in [-0.4, -0.2) is 54.4 Å². The number of hydrogen-bond acceptors (Lipinski definition) is 3. The number of carboxylic acids is 1. The molecule has 1 heterocycles. The molecule has 144 valence electrons. The molecule has 9 heteroatoms. The average Bonchev–Trinajstić information content (AvgIpc) is 2.97. The van der Waals surface area contributed by atoms with Crippen molar-refractivity contribution in [3.05, 3.63) is 29.8 Å². The summed E-state index contributed by atoms with van der Waals surface area (Å²) >= 11 is 0. The van der Waals surface area contributed by atoms with E-state index in [0.717, 1.165) is 5.56 Å². The lowest BCUT2D eigenvalue weighted by atomic mass is 9.90. The van der Waals surface area contributed by atoms with Crippen LogP contribution in [0.2, 0.25) is 0 Å². The number of aliphatic carboxylic acids is 1. The normalized spacial score (nSPS) is 20.1. The molecule has 1 aliphatic heterocycles. The van der Waals surface area contributed by atoms with E-state index in [0.29, 0.717) is 19.4 Å². The van der Waals surface area contributed by atoms with Crippen molar-refractivity contribution in [2.45, 2.75) is 25.9 Å². The fourth-order valence-corrected chi connectivity index (χ4v) is 2.69. The monoisotopic (exact) mass is 374 g/mol. The van der Waals surface area contributed by atoms with Gasteiger partial charge in [-0.15, -0.1) is 0 Å². The van der Waals surface area contributed by atoms with Crippen molar-refractivity contribution in [3.8, 4) is 5.75 Å². The predicted molar refractivity (Wildman–Crippen MR) is 87.0 cm³/mol. The van der Waals surface area contributed by atoms with Gasteiger partial charge in [-0.1, -0.05) is 12.1 Å². The minimum absolute atomic E-state index is 0.114. The summed E-state index contributed by atoms with van der Waals surface area (Å²) in [5.41, 5.74) is -0.205. The number of rotatable bonds is 6. The van der Waals surface area contributed by atoms with E-state index in [1.54, 1.807) is 19.1 Å². The Bertz CT molecular complexity index is 666. The summed E-state index contributed by atoms with van der Waals surface area (Å²) in [6.07, 6.45) is -3.59. The van der Waals surface area contributed by atoms with Gasteiger partial charge >= 0.3 is 18.2 Å². The highest BCUT2D eigenvalue weighted by Gasteiger charge is 2.42. The molecule has 0 spiro atoms. The maximum absolute atomic E-state index is 12.2. The molecule has 1 aromatic rings. The average molecular weight is 374 g/mol. The van der Waals surface area contributed by atoms with Gasteiger partial charge in [-0.2, -0.15) is 13.2 Å². The Labute approximate surface area is 148 Å². The number of nitrogens with zero attached hydrogens (tertiary/aromatic N) is 1. The number of halogens is 3. The van der Waals surface area contributed by atoms with Crippen LogP contribution in [0.1, 0.15) is 18.9 Å². The molecule has 1 unspecified atom stereocenters. The number of hydrogen-bond donors (Lipinski definition) is 2. The second kappa shape index (κ2) is 7.84. The summed E-state index contributed by atoms with van der Waals surface area (Å²) in [6.45, 7) is 1.05. The second-order valence-corrected chi connectivity index (χ2v) is 6.57. The Balaban J connectivity index is 1.79. The Hall–Kier alpha value is -2.45. The number of carbonyl (C=O) groups excluding carboxylic acids is 1. The molecule has 0 bridgehead atoms. The maximum Gasteiger partial charge on any atom is 0.422 e. The first-order chi connectivity index (χ1) is 12.1. The molecule has 2 N–H and O–H groups in total. The number of carboxylic acid groups (broad SMARTS) is 1. The zero-order valence-corrected chi connectivity index (χ0v) is 14.3.